The van der Waals surface area contributed by atoms with Crippen LogP contribution in [0.15, 0.2) is 0 Å². The minimum absolute atomic E-state index is 0.0320. The monoisotopic (exact) mass is 205 g/mol. The largest absolute Gasteiger partial charge is 0.391 e. The number of rotatable bonds is 3. The molecule has 0 aliphatic carbocycles. The zero-order chi connectivity index (χ0) is 10.0. The van der Waals surface area contributed by atoms with Crippen molar-refractivity contribution in [3.63, 3.8) is 0 Å². The van der Waals surface area contributed by atoms with Crippen molar-refractivity contribution in [2.45, 2.75) is 25.5 Å². The van der Waals surface area contributed by atoms with Gasteiger partial charge in [-0.3, -0.25) is 9.00 Å². The number of aliphatic hydroxyl groups excluding tert-OH is 1. The fourth-order valence-electron chi connectivity index (χ4n) is 1.57. The van der Waals surface area contributed by atoms with E-state index in [2.05, 4.69) is 0 Å². The minimum Gasteiger partial charge on any atom is -0.391 e. The number of β-amino-alcohol motifs (C(OH)–C–C–N with tert-alkyl or cyclic N) is 1. The first-order valence-corrected chi connectivity index (χ1v) is 6.01. The molecule has 0 aromatic carbocycles. The number of carbonyl (C=O) groups excluding carboxylic acids is 1. The van der Waals surface area contributed by atoms with E-state index in [-0.39, 0.29) is 18.4 Å². The quantitative estimate of drug-likeness (QED) is 0.666. The van der Waals surface area contributed by atoms with Crippen LogP contribution in [0.2, 0.25) is 0 Å². The standard InChI is InChI=1S/C8H15NO3S/c1-6(5-13(2)12)9-4-7(10)3-8(9)11/h6-7,10H,3-5H2,1-2H3. The van der Waals surface area contributed by atoms with Gasteiger partial charge in [-0.1, -0.05) is 0 Å². The van der Waals surface area contributed by atoms with Gasteiger partial charge < -0.3 is 10.0 Å². The molecule has 1 N–H and O–H groups in total. The minimum atomic E-state index is -0.893. The third-order valence-electron chi connectivity index (χ3n) is 2.15. The van der Waals surface area contributed by atoms with Crippen LogP contribution in [0.1, 0.15) is 13.3 Å². The van der Waals surface area contributed by atoms with Crippen molar-refractivity contribution in [1.82, 2.24) is 4.90 Å². The maximum atomic E-state index is 11.3. The van der Waals surface area contributed by atoms with Crippen molar-refractivity contribution in [2.24, 2.45) is 0 Å². The van der Waals surface area contributed by atoms with Crippen molar-refractivity contribution >= 4 is 16.7 Å². The Morgan fingerprint density at radius 2 is 2.38 bits per heavy atom. The highest BCUT2D eigenvalue weighted by Crippen LogP contribution is 2.14. The summed E-state index contributed by atoms with van der Waals surface area (Å²) in [7, 11) is -0.893. The van der Waals surface area contributed by atoms with Gasteiger partial charge in [0.15, 0.2) is 0 Å². The van der Waals surface area contributed by atoms with Gasteiger partial charge in [-0.25, -0.2) is 0 Å². The molecule has 0 aromatic heterocycles. The lowest BCUT2D eigenvalue weighted by Crippen LogP contribution is -2.38. The molecule has 0 saturated carbocycles. The summed E-state index contributed by atoms with van der Waals surface area (Å²) in [6.45, 7) is 2.24. The zero-order valence-corrected chi connectivity index (χ0v) is 8.71. The Labute approximate surface area is 80.4 Å². The number of aliphatic hydroxyl groups is 1. The average Bonchev–Trinajstić information content (AvgIpc) is 2.28. The van der Waals surface area contributed by atoms with Crippen molar-refractivity contribution < 1.29 is 14.1 Å². The van der Waals surface area contributed by atoms with E-state index in [0.29, 0.717) is 12.3 Å². The van der Waals surface area contributed by atoms with Crippen molar-refractivity contribution in [2.75, 3.05) is 18.6 Å². The predicted molar refractivity (Wildman–Crippen MR) is 50.7 cm³/mol. The Morgan fingerprint density at radius 3 is 2.77 bits per heavy atom. The van der Waals surface area contributed by atoms with E-state index in [9.17, 15) is 14.1 Å². The molecule has 1 aliphatic heterocycles. The molecule has 1 heterocycles. The summed E-state index contributed by atoms with van der Waals surface area (Å²) >= 11 is 0. The van der Waals surface area contributed by atoms with E-state index < -0.39 is 16.9 Å². The van der Waals surface area contributed by atoms with Crippen LogP contribution in [0.4, 0.5) is 0 Å². The average molecular weight is 205 g/mol. The van der Waals surface area contributed by atoms with Crippen molar-refractivity contribution in [3.8, 4) is 0 Å². The number of amides is 1. The maximum Gasteiger partial charge on any atom is 0.225 e. The van der Waals surface area contributed by atoms with Gasteiger partial charge in [-0.05, 0) is 6.92 Å². The molecule has 4 nitrogen and oxygen atoms in total. The Balaban J connectivity index is 2.51. The van der Waals surface area contributed by atoms with Crippen molar-refractivity contribution in [3.05, 3.63) is 0 Å². The molecule has 76 valence electrons. The van der Waals surface area contributed by atoms with Crippen LogP contribution >= 0.6 is 0 Å². The molecular weight excluding hydrogens is 190 g/mol. The number of nitrogens with zero attached hydrogens (tertiary/aromatic N) is 1. The molecule has 13 heavy (non-hydrogen) atoms. The van der Waals surface area contributed by atoms with E-state index in [0.717, 1.165) is 0 Å². The Bertz CT molecular complexity index is 231. The molecule has 0 aromatic rings. The second-order valence-corrected chi connectivity index (χ2v) is 4.97. The van der Waals surface area contributed by atoms with E-state index in [4.69, 9.17) is 0 Å². The first-order valence-electron chi connectivity index (χ1n) is 4.28. The first kappa shape index (κ1) is 10.7. The van der Waals surface area contributed by atoms with Gasteiger partial charge in [0.2, 0.25) is 5.91 Å². The number of carbonyl (C=O) groups is 1. The lowest BCUT2D eigenvalue weighted by Gasteiger charge is -2.23. The Hall–Kier alpha value is -0.420. The van der Waals surface area contributed by atoms with Crippen LogP contribution in [-0.2, 0) is 15.6 Å². The summed E-state index contributed by atoms with van der Waals surface area (Å²) in [5, 5.41) is 9.21. The van der Waals surface area contributed by atoms with Crippen LogP contribution in [0.3, 0.4) is 0 Å². The van der Waals surface area contributed by atoms with Gasteiger partial charge in [0, 0.05) is 35.4 Å². The van der Waals surface area contributed by atoms with E-state index in [1.165, 1.54) is 0 Å². The van der Waals surface area contributed by atoms with Crippen LogP contribution in [0, 0.1) is 0 Å². The van der Waals surface area contributed by atoms with Crippen molar-refractivity contribution in [1.29, 1.82) is 0 Å². The van der Waals surface area contributed by atoms with Gasteiger partial charge in [-0.15, -0.1) is 0 Å². The smallest absolute Gasteiger partial charge is 0.225 e. The summed E-state index contributed by atoms with van der Waals surface area (Å²) in [4.78, 5) is 12.9. The van der Waals surface area contributed by atoms with Crippen LogP contribution in [0.25, 0.3) is 0 Å². The summed E-state index contributed by atoms with van der Waals surface area (Å²) in [6, 6.07) is -0.0320. The highest BCUT2D eigenvalue weighted by molar-refractivity contribution is 7.84. The molecule has 1 saturated heterocycles. The van der Waals surface area contributed by atoms with E-state index in [1.807, 2.05) is 6.92 Å². The molecule has 0 spiro atoms. The molecule has 3 unspecified atom stereocenters. The summed E-state index contributed by atoms with van der Waals surface area (Å²) < 4.78 is 10.9. The second kappa shape index (κ2) is 4.19. The molecule has 0 bridgehead atoms. The topological polar surface area (TPSA) is 57.6 Å². The number of likely N-dealkylation sites (tertiary alicyclic amines) is 1. The van der Waals surface area contributed by atoms with Gasteiger partial charge in [0.25, 0.3) is 0 Å². The number of hydrogen-bond donors (Lipinski definition) is 1. The summed E-state index contributed by atoms with van der Waals surface area (Å²) in [5.74, 6) is 0.448. The molecule has 5 heteroatoms. The predicted octanol–water partition coefficient (Wildman–Crippen LogP) is -0.653. The highest BCUT2D eigenvalue weighted by atomic mass is 32.2. The molecule has 1 rings (SSSR count). The SMILES string of the molecule is CC(CS(C)=O)N1CC(O)CC1=O. The molecule has 1 aliphatic rings. The van der Waals surface area contributed by atoms with E-state index in [1.54, 1.807) is 11.2 Å². The lowest BCUT2D eigenvalue weighted by atomic mass is 10.3. The number of hydrogen-bond acceptors (Lipinski definition) is 3. The zero-order valence-electron chi connectivity index (χ0n) is 7.90. The van der Waals surface area contributed by atoms with Gasteiger partial charge in [-0.2, -0.15) is 0 Å². The third-order valence-corrected chi connectivity index (χ3v) is 3.10. The fraction of sp³-hybridized carbons (Fsp3) is 0.875. The Kier molecular flexibility index (Phi) is 3.44. The lowest BCUT2D eigenvalue weighted by molar-refractivity contribution is -0.129. The summed E-state index contributed by atoms with van der Waals surface area (Å²) in [6.07, 6.45) is 1.29. The second-order valence-electron chi connectivity index (χ2n) is 3.49. The summed E-state index contributed by atoms with van der Waals surface area (Å²) in [5.41, 5.74) is 0. The van der Waals surface area contributed by atoms with Crippen LogP contribution < -0.4 is 0 Å². The third kappa shape index (κ3) is 2.77. The maximum absolute atomic E-state index is 11.3. The van der Waals surface area contributed by atoms with Crippen LogP contribution in [-0.4, -0.2) is 50.8 Å². The first-order chi connectivity index (χ1) is 6.00. The molecule has 1 amide bonds. The highest BCUT2D eigenvalue weighted by Gasteiger charge is 2.31. The van der Waals surface area contributed by atoms with E-state index >= 15 is 0 Å². The van der Waals surface area contributed by atoms with Crippen LogP contribution in [0.5, 0.6) is 0 Å². The normalized spacial score (nSPS) is 27.8. The Morgan fingerprint density at radius 1 is 1.77 bits per heavy atom. The molecule has 3 atom stereocenters. The molecule has 0 radical (unpaired) electrons. The fourth-order valence-corrected chi connectivity index (χ4v) is 2.43. The van der Waals surface area contributed by atoms with Gasteiger partial charge >= 0.3 is 0 Å². The van der Waals surface area contributed by atoms with Gasteiger partial charge in [0.05, 0.1) is 12.5 Å². The van der Waals surface area contributed by atoms with Gasteiger partial charge in [0.1, 0.15) is 0 Å². The molecular formula is C8H15NO3S. The molecule has 1 fully saturated rings.